The van der Waals surface area contributed by atoms with E-state index in [-0.39, 0.29) is 6.04 Å². The van der Waals surface area contributed by atoms with Crippen LogP contribution in [-0.4, -0.2) is 31.2 Å². The molecule has 0 fully saturated rings. The molecular formula is C14H17N3O2. The van der Waals surface area contributed by atoms with Crippen LogP contribution in [0.15, 0.2) is 36.8 Å². The summed E-state index contributed by atoms with van der Waals surface area (Å²) in [7, 11) is 5.14. The molecular weight excluding hydrogens is 242 g/mol. The summed E-state index contributed by atoms with van der Waals surface area (Å²) < 4.78 is 10.7. The molecule has 1 unspecified atom stereocenters. The molecule has 2 aromatic rings. The van der Waals surface area contributed by atoms with Gasteiger partial charge in [-0.05, 0) is 25.2 Å². The average Bonchev–Trinajstić information content (AvgIpc) is 2.49. The number of hydrogen-bond acceptors (Lipinski definition) is 5. The minimum absolute atomic E-state index is 0.117. The van der Waals surface area contributed by atoms with E-state index in [0.717, 1.165) is 22.8 Å². The van der Waals surface area contributed by atoms with Gasteiger partial charge in [0.1, 0.15) is 17.2 Å². The van der Waals surface area contributed by atoms with Crippen molar-refractivity contribution in [1.29, 1.82) is 0 Å². The lowest BCUT2D eigenvalue weighted by atomic mass is 10.0. The fourth-order valence-electron chi connectivity index (χ4n) is 2.03. The second-order valence-electron chi connectivity index (χ2n) is 3.93. The molecule has 0 saturated heterocycles. The normalized spacial score (nSPS) is 11.9. The van der Waals surface area contributed by atoms with Gasteiger partial charge in [0.15, 0.2) is 0 Å². The van der Waals surface area contributed by atoms with Gasteiger partial charge in [0.25, 0.3) is 0 Å². The molecule has 100 valence electrons. The molecule has 5 nitrogen and oxygen atoms in total. The zero-order valence-electron chi connectivity index (χ0n) is 11.3. The van der Waals surface area contributed by atoms with Gasteiger partial charge >= 0.3 is 0 Å². The van der Waals surface area contributed by atoms with Crippen LogP contribution in [0.1, 0.15) is 17.3 Å². The molecule has 0 spiro atoms. The van der Waals surface area contributed by atoms with Gasteiger partial charge in [0, 0.05) is 18.0 Å². The Hall–Kier alpha value is -2.14. The van der Waals surface area contributed by atoms with Crippen LogP contribution in [0.2, 0.25) is 0 Å². The van der Waals surface area contributed by atoms with Crippen molar-refractivity contribution in [2.24, 2.45) is 0 Å². The third-order valence-electron chi connectivity index (χ3n) is 2.93. The third kappa shape index (κ3) is 2.66. The number of hydrogen-bond donors (Lipinski definition) is 1. The van der Waals surface area contributed by atoms with E-state index >= 15 is 0 Å². The molecule has 0 aliphatic heterocycles. The van der Waals surface area contributed by atoms with Crippen LogP contribution in [-0.2, 0) is 0 Å². The van der Waals surface area contributed by atoms with Crippen molar-refractivity contribution < 1.29 is 9.47 Å². The topological polar surface area (TPSA) is 56.3 Å². The van der Waals surface area contributed by atoms with Crippen LogP contribution in [0.5, 0.6) is 11.5 Å². The first-order valence-corrected chi connectivity index (χ1v) is 5.95. The van der Waals surface area contributed by atoms with E-state index in [1.54, 1.807) is 32.8 Å². The summed E-state index contributed by atoms with van der Waals surface area (Å²) in [5, 5.41) is 3.23. The highest BCUT2D eigenvalue weighted by Gasteiger charge is 2.21. The lowest BCUT2D eigenvalue weighted by Crippen LogP contribution is -2.20. The average molecular weight is 259 g/mol. The zero-order chi connectivity index (χ0) is 13.7. The fourth-order valence-corrected chi connectivity index (χ4v) is 2.03. The molecule has 0 radical (unpaired) electrons. The van der Waals surface area contributed by atoms with Crippen molar-refractivity contribution in [2.45, 2.75) is 6.04 Å². The molecule has 0 saturated carbocycles. The van der Waals surface area contributed by atoms with Crippen molar-refractivity contribution in [3.05, 3.63) is 48.0 Å². The lowest BCUT2D eigenvalue weighted by Gasteiger charge is -2.20. The maximum atomic E-state index is 5.36. The highest BCUT2D eigenvalue weighted by Crippen LogP contribution is 2.32. The van der Waals surface area contributed by atoms with E-state index in [1.165, 1.54) is 0 Å². The third-order valence-corrected chi connectivity index (χ3v) is 2.93. The Morgan fingerprint density at radius 2 is 1.89 bits per heavy atom. The van der Waals surface area contributed by atoms with Crippen molar-refractivity contribution in [1.82, 2.24) is 15.3 Å². The molecule has 0 amide bonds. The quantitative estimate of drug-likeness (QED) is 0.887. The van der Waals surface area contributed by atoms with E-state index < -0.39 is 0 Å². The number of nitrogens with one attached hydrogen (secondary N) is 1. The second kappa shape index (κ2) is 6.15. The molecule has 0 aliphatic rings. The van der Waals surface area contributed by atoms with Gasteiger partial charge in [0.05, 0.1) is 26.5 Å². The van der Waals surface area contributed by atoms with E-state index in [9.17, 15) is 0 Å². The fraction of sp³-hybridized carbons (Fsp3) is 0.286. The highest BCUT2D eigenvalue weighted by molar-refractivity contribution is 5.42. The van der Waals surface area contributed by atoms with Gasteiger partial charge in [-0.2, -0.15) is 0 Å². The summed E-state index contributed by atoms with van der Waals surface area (Å²) in [4.78, 5) is 8.47. The predicted octanol–water partition coefficient (Wildman–Crippen LogP) is 1.80. The van der Waals surface area contributed by atoms with E-state index in [4.69, 9.17) is 9.47 Å². The Bertz CT molecular complexity index is 498. The van der Waals surface area contributed by atoms with Gasteiger partial charge in [-0.1, -0.05) is 0 Å². The summed E-state index contributed by atoms with van der Waals surface area (Å²) in [5.74, 6) is 1.45. The standard InChI is InChI=1S/C14H17N3O2/c1-15-13(10-6-8-16-9-12(10)19-3)14-11(18-2)5-4-7-17-14/h4-9,13,15H,1-3H3. The Morgan fingerprint density at radius 3 is 2.58 bits per heavy atom. The maximum absolute atomic E-state index is 5.36. The van der Waals surface area contributed by atoms with Crippen LogP contribution in [0.4, 0.5) is 0 Å². The van der Waals surface area contributed by atoms with Gasteiger partial charge in [-0.25, -0.2) is 0 Å². The van der Waals surface area contributed by atoms with Crippen LogP contribution in [0.3, 0.4) is 0 Å². The molecule has 0 aromatic carbocycles. The monoisotopic (exact) mass is 259 g/mol. The summed E-state index contributed by atoms with van der Waals surface area (Å²) >= 11 is 0. The minimum Gasteiger partial charge on any atom is -0.495 e. The second-order valence-corrected chi connectivity index (χ2v) is 3.93. The van der Waals surface area contributed by atoms with Gasteiger partial charge in [-0.3, -0.25) is 9.97 Å². The molecule has 0 bridgehead atoms. The smallest absolute Gasteiger partial charge is 0.142 e. The highest BCUT2D eigenvalue weighted by atomic mass is 16.5. The molecule has 0 aliphatic carbocycles. The predicted molar refractivity (Wildman–Crippen MR) is 72.5 cm³/mol. The van der Waals surface area contributed by atoms with Gasteiger partial charge in [-0.15, -0.1) is 0 Å². The Morgan fingerprint density at radius 1 is 1.11 bits per heavy atom. The van der Waals surface area contributed by atoms with Crippen molar-refractivity contribution in [3.63, 3.8) is 0 Å². The van der Waals surface area contributed by atoms with Crippen molar-refractivity contribution in [3.8, 4) is 11.5 Å². The largest absolute Gasteiger partial charge is 0.495 e. The van der Waals surface area contributed by atoms with Crippen molar-refractivity contribution >= 4 is 0 Å². The maximum Gasteiger partial charge on any atom is 0.142 e. The van der Waals surface area contributed by atoms with Crippen LogP contribution in [0.25, 0.3) is 0 Å². The summed E-state index contributed by atoms with van der Waals surface area (Å²) in [6.07, 6.45) is 5.17. The number of rotatable bonds is 5. The number of methoxy groups -OCH3 is 2. The molecule has 1 atom stereocenters. The number of ether oxygens (including phenoxy) is 2. The molecule has 2 aromatic heterocycles. The number of nitrogens with zero attached hydrogens (tertiary/aromatic N) is 2. The Labute approximate surface area is 112 Å². The molecule has 1 N–H and O–H groups in total. The van der Waals surface area contributed by atoms with Crippen molar-refractivity contribution in [2.75, 3.05) is 21.3 Å². The van der Waals surface area contributed by atoms with Crippen LogP contribution >= 0.6 is 0 Å². The van der Waals surface area contributed by atoms with E-state index in [0.29, 0.717) is 0 Å². The Balaban J connectivity index is 2.50. The molecule has 2 rings (SSSR count). The molecule has 19 heavy (non-hydrogen) atoms. The summed E-state index contributed by atoms with van der Waals surface area (Å²) in [5.41, 5.74) is 1.79. The van der Waals surface area contributed by atoms with E-state index in [1.807, 2.05) is 25.2 Å². The summed E-state index contributed by atoms with van der Waals surface area (Å²) in [6.45, 7) is 0. The Kier molecular flexibility index (Phi) is 4.30. The van der Waals surface area contributed by atoms with E-state index in [2.05, 4.69) is 15.3 Å². The SMILES string of the molecule is CNC(c1ccncc1OC)c1ncccc1OC. The van der Waals surface area contributed by atoms with Crippen LogP contribution < -0.4 is 14.8 Å². The first kappa shape index (κ1) is 13.3. The lowest BCUT2D eigenvalue weighted by molar-refractivity contribution is 0.392. The van der Waals surface area contributed by atoms with Gasteiger partial charge < -0.3 is 14.8 Å². The number of aromatic nitrogens is 2. The summed E-state index contributed by atoms with van der Waals surface area (Å²) in [6, 6.07) is 5.53. The number of pyridine rings is 2. The molecule has 5 heteroatoms. The first-order chi connectivity index (χ1) is 9.31. The minimum atomic E-state index is -0.117. The zero-order valence-corrected chi connectivity index (χ0v) is 11.3. The first-order valence-electron chi connectivity index (χ1n) is 5.95. The van der Waals surface area contributed by atoms with Gasteiger partial charge in [0.2, 0.25) is 0 Å². The molecule has 2 heterocycles. The van der Waals surface area contributed by atoms with Crippen LogP contribution in [0, 0.1) is 0 Å².